The van der Waals surface area contributed by atoms with Crippen LogP contribution in [0.1, 0.15) is 125 Å². The molecule has 33 heavy (non-hydrogen) atoms. The van der Waals surface area contributed by atoms with Gasteiger partial charge in [-0.05, 0) is 97.7 Å². The molecule has 0 amide bonds. The second-order valence-electron chi connectivity index (χ2n) is 13.4. The second-order valence-corrected chi connectivity index (χ2v) is 13.4. The van der Waals surface area contributed by atoms with Crippen LogP contribution in [0.15, 0.2) is 11.6 Å². The molecule has 8 atom stereocenters. The van der Waals surface area contributed by atoms with E-state index in [1.165, 1.54) is 57.8 Å². The summed E-state index contributed by atoms with van der Waals surface area (Å²) in [5, 5.41) is 0. The number of fused-ring (bicyclic) bond motifs is 5. The monoisotopic (exact) mass is 456 g/mol. The molecule has 4 rings (SSSR count). The summed E-state index contributed by atoms with van der Waals surface area (Å²) in [7, 11) is 0. The Bertz CT molecular complexity index is 722. The topological polar surface area (TPSA) is 26.3 Å². The highest BCUT2D eigenvalue weighted by Crippen LogP contribution is 2.67. The molecule has 0 aromatic carbocycles. The van der Waals surface area contributed by atoms with Crippen molar-refractivity contribution in [1.82, 2.24) is 0 Å². The Kier molecular flexibility index (Phi) is 7.72. The van der Waals surface area contributed by atoms with Gasteiger partial charge in [-0.25, -0.2) is 0 Å². The quantitative estimate of drug-likeness (QED) is 0.269. The van der Waals surface area contributed by atoms with E-state index in [9.17, 15) is 4.79 Å². The maximum Gasteiger partial charge on any atom is 0.306 e. The van der Waals surface area contributed by atoms with Crippen LogP contribution >= 0.6 is 0 Å². The van der Waals surface area contributed by atoms with E-state index < -0.39 is 0 Å². The van der Waals surface area contributed by atoms with E-state index in [4.69, 9.17) is 4.74 Å². The van der Waals surface area contributed by atoms with Crippen molar-refractivity contribution in [2.24, 2.45) is 46.3 Å². The molecule has 0 N–H and O–H groups in total. The van der Waals surface area contributed by atoms with Gasteiger partial charge in [-0.3, -0.25) is 4.79 Å². The van der Waals surface area contributed by atoms with Gasteiger partial charge >= 0.3 is 5.97 Å². The third-order valence-electron chi connectivity index (χ3n) is 11.0. The van der Waals surface area contributed by atoms with Crippen LogP contribution in [-0.2, 0) is 9.53 Å². The van der Waals surface area contributed by atoms with Crippen LogP contribution in [0, 0.1) is 46.3 Å². The van der Waals surface area contributed by atoms with Gasteiger partial charge in [0, 0.05) is 12.8 Å². The third kappa shape index (κ3) is 4.84. The molecule has 0 heterocycles. The fourth-order valence-electron chi connectivity index (χ4n) is 9.20. The highest BCUT2D eigenvalue weighted by molar-refractivity contribution is 5.69. The van der Waals surface area contributed by atoms with Gasteiger partial charge in [0.2, 0.25) is 0 Å². The summed E-state index contributed by atoms with van der Waals surface area (Å²) >= 11 is 0. The van der Waals surface area contributed by atoms with Crippen molar-refractivity contribution in [2.75, 3.05) is 0 Å². The van der Waals surface area contributed by atoms with Crippen molar-refractivity contribution in [1.29, 1.82) is 0 Å². The zero-order valence-corrected chi connectivity index (χ0v) is 22.6. The summed E-state index contributed by atoms with van der Waals surface area (Å²) < 4.78 is 5.85. The minimum absolute atomic E-state index is 0.00772. The van der Waals surface area contributed by atoms with Gasteiger partial charge in [0.25, 0.3) is 0 Å². The van der Waals surface area contributed by atoms with Crippen LogP contribution < -0.4 is 0 Å². The number of carbonyl (C=O) groups is 1. The normalized spacial score (nSPS) is 41.1. The Morgan fingerprint density at radius 2 is 1.85 bits per heavy atom. The SMILES string of the molecule is CCCC(=O)O[C@H]1CC[C@@]2(C)C(=CC[C@H]3[C@H]4CC[C@H]([C@H](C)CCCC(C)C)[C@@]4(C)CC[C@@H]32)C1. The Balaban J connectivity index is 1.43. The summed E-state index contributed by atoms with van der Waals surface area (Å²) in [4.78, 5) is 12.1. The van der Waals surface area contributed by atoms with Crippen LogP contribution in [0.4, 0.5) is 0 Å². The first-order valence-corrected chi connectivity index (χ1v) is 14.6. The van der Waals surface area contributed by atoms with Gasteiger partial charge in [-0.15, -0.1) is 0 Å². The van der Waals surface area contributed by atoms with E-state index in [1.807, 2.05) is 0 Å². The van der Waals surface area contributed by atoms with Crippen LogP contribution in [0.2, 0.25) is 0 Å². The molecule has 4 aliphatic carbocycles. The van der Waals surface area contributed by atoms with Crippen molar-refractivity contribution in [3.8, 4) is 0 Å². The van der Waals surface area contributed by atoms with Crippen LogP contribution in [0.25, 0.3) is 0 Å². The van der Waals surface area contributed by atoms with Crippen molar-refractivity contribution < 1.29 is 9.53 Å². The molecular formula is C31H52O2. The molecule has 0 saturated heterocycles. The number of rotatable bonds is 8. The zero-order chi connectivity index (χ0) is 23.8. The number of carbonyl (C=O) groups excluding carboxylic acids is 1. The molecule has 188 valence electrons. The zero-order valence-electron chi connectivity index (χ0n) is 22.6. The summed E-state index contributed by atoms with van der Waals surface area (Å²) in [5.41, 5.74) is 2.54. The number of esters is 1. The third-order valence-corrected chi connectivity index (χ3v) is 11.0. The first-order chi connectivity index (χ1) is 15.7. The lowest BCUT2D eigenvalue weighted by Crippen LogP contribution is -2.51. The van der Waals surface area contributed by atoms with Crippen molar-refractivity contribution in [2.45, 2.75) is 131 Å². The lowest BCUT2D eigenvalue weighted by molar-refractivity contribution is -0.151. The predicted molar refractivity (Wildman–Crippen MR) is 138 cm³/mol. The average Bonchev–Trinajstić information content (AvgIpc) is 3.11. The van der Waals surface area contributed by atoms with Crippen LogP contribution in [0.3, 0.4) is 0 Å². The molecule has 3 saturated carbocycles. The predicted octanol–water partition coefficient (Wildman–Crippen LogP) is 8.74. The van der Waals surface area contributed by atoms with Crippen molar-refractivity contribution in [3.05, 3.63) is 11.6 Å². The van der Waals surface area contributed by atoms with Gasteiger partial charge < -0.3 is 4.74 Å². The van der Waals surface area contributed by atoms with Gasteiger partial charge in [-0.1, -0.05) is 72.5 Å². The fraction of sp³-hybridized carbons (Fsp3) is 0.903. The first-order valence-electron chi connectivity index (χ1n) is 14.6. The second kappa shape index (κ2) is 10.1. The van der Waals surface area contributed by atoms with Gasteiger partial charge in [0.05, 0.1) is 0 Å². The van der Waals surface area contributed by atoms with Crippen LogP contribution in [0.5, 0.6) is 0 Å². The van der Waals surface area contributed by atoms with Crippen molar-refractivity contribution in [3.63, 3.8) is 0 Å². The highest BCUT2D eigenvalue weighted by Gasteiger charge is 2.59. The molecule has 3 fully saturated rings. The van der Waals surface area contributed by atoms with E-state index in [0.717, 1.165) is 54.8 Å². The molecule has 0 aliphatic heterocycles. The maximum absolute atomic E-state index is 12.1. The average molecular weight is 457 g/mol. The van der Waals surface area contributed by atoms with E-state index in [0.29, 0.717) is 17.3 Å². The summed E-state index contributed by atoms with van der Waals surface area (Å²) in [6.45, 7) is 14.6. The molecule has 0 aromatic heterocycles. The number of hydrogen-bond donors (Lipinski definition) is 0. The van der Waals surface area contributed by atoms with Gasteiger partial charge in [-0.2, -0.15) is 0 Å². The summed E-state index contributed by atoms with van der Waals surface area (Å²) in [6, 6.07) is 0. The van der Waals surface area contributed by atoms with Crippen LogP contribution in [-0.4, -0.2) is 12.1 Å². The Hall–Kier alpha value is -0.790. The molecule has 2 heteroatoms. The minimum Gasteiger partial charge on any atom is -0.462 e. The molecular weight excluding hydrogens is 404 g/mol. The van der Waals surface area contributed by atoms with E-state index >= 15 is 0 Å². The molecule has 0 spiro atoms. The van der Waals surface area contributed by atoms with E-state index in [1.54, 1.807) is 5.57 Å². The minimum atomic E-state index is 0.00772. The lowest BCUT2D eigenvalue weighted by Gasteiger charge is -2.58. The Morgan fingerprint density at radius 1 is 1.06 bits per heavy atom. The summed E-state index contributed by atoms with van der Waals surface area (Å²) in [6.07, 6.45) is 18.8. The van der Waals surface area contributed by atoms with Gasteiger partial charge in [0.15, 0.2) is 0 Å². The smallest absolute Gasteiger partial charge is 0.306 e. The molecule has 0 bridgehead atoms. The van der Waals surface area contributed by atoms with Gasteiger partial charge in [0.1, 0.15) is 6.10 Å². The maximum atomic E-state index is 12.1. The number of allylic oxidation sites excluding steroid dienone is 1. The molecule has 0 unspecified atom stereocenters. The lowest BCUT2D eigenvalue weighted by atomic mass is 9.47. The number of hydrogen-bond acceptors (Lipinski definition) is 2. The molecule has 0 radical (unpaired) electrons. The largest absolute Gasteiger partial charge is 0.462 e. The molecule has 2 nitrogen and oxygen atoms in total. The van der Waals surface area contributed by atoms with Crippen molar-refractivity contribution >= 4 is 5.97 Å². The van der Waals surface area contributed by atoms with E-state index in [2.05, 4.69) is 47.6 Å². The van der Waals surface area contributed by atoms with E-state index in [-0.39, 0.29) is 12.1 Å². The molecule has 4 aliphatic rings. The summed E-state index contributed by atoms with van der Waals surface area (Å²) in [5.74, 6) is 5.31. The highest BCUT2D eigenvalue weighted by atomic mass is 16.5. The Morgan fingerprint density at radius 3 is 2.58 bits per heavy atom. The first kappa shape index (κ1) is 25.3. The standard InChI is InChI=1S/C31H52O2/c1-7-9-29(32)33-24-16-18-30(5)23(20-24)12-13-25-27-15-14-26(22(4)11-8-10-21(2)3)31(27,6)19-17-28(25)30/h12,21-22,24-28H,7-11,13-20H2,1-6H3/t22-,24+,25+,26-,27-,28+,30+,31-/m1/s1. The Labute approximate surface area is 204 Å². The molecule has 0 aromatic rings. The fourth-order valence-corrected chi connectivity index (χ4v) is 9.20. The number of ether oxygens (including phenoxy) is 1.